The van der Waals surface area contributed by atoms with Crippen LogP contribution in [0.5, 0.6) is 0 Å². The summed E-state index contributed by atoms with van der Waals surface area (Å²) >= 11 is 0. The molecule has 0 aliphatic heterocycles. The standard InChI is InChI=1S/C21H26N2O3/c1-3-26-21(25)18-13-23(17-7-5-4-6-8-17)14-19(18)22-20(24)16-11-9-15(2)10-12-16/h4-8,13-16H,3,9-12H2,1-2H3,(H,22,24). The number of carbonyl (C=O) groups is 2. The van der Waals surface area contributed by atoms with E-state index in [4.69, 9.17) is 4.74 Å². The third kappa shape index (κ3) is 4.15. The van der Waals surface area contributed by atoms with E-state index in [1.165, 1.54) is 0 Å². The Labute approximate surface area is 154 Å². The molecule has 1 amide bonds. The molecule has 0 radical (unpaired) electrons. The Kier molecular flexibility index (Phi) is 5.76. The lowest BCUT2D eigenvalue weighted by atomic mass is 9.82. The molecule has 26 heavy (non-hydrogen) atoms. The van der Waals surface area contributed by atoms with E-state index in [2.05, 4.69) is 12.2 Å². The summed E-state index contributed by atoms with van der Waals surface area (Å²) in [5.41, 5.74) is 1.81. The van der Waals surface area contributed by atoms with Crippen molar-refractivity contribution in [3.63, 3.8) is 0 Å². The molecule has 5 heteroatoms. The molecule has 1 N–H and O–H groups in total. The smallest absolute Gasteiger partial charge is 0.341 e. The lowest BCUT2D eigenvalue weighted by Gasteiger charge is -2.25. The number of hydrogen-bond acceptors (Lipinski definition) is 3. The molecule has 1 fully saturated rings. The number of carbonyl (C=O) groups excluding carboxylic acids is 2. The maximum Gasteiger partial charge on any atom is 0.341 e. The van der Waals surface area contributed by atoms with E-state index in [1.54, 1.807) is 19.3 Å². The van der Waals surface area contributed by atoms with Gasteiger partial charge >= 0.3 is 5.97 Å². The first-order valence-corrected chi connectivity index (χ1v) is 9.34. The van der Waals surface area contributed by atoms with Crippen LogP contribution in [0.15, 0.2) is 42.7 Å². The Morgan fingerprint density at radius 1 is 1.12 bits per heavy atom. The number of rotatable bonds is 5. The Morgan fingerprint density at radius 3 is 2.46 bits per heavy atom. The molecule has 1 aliphatic carbocycles. The van der Waals surface area contributed by atoms with Crippen LogP contribution in [0.2, 0.25) is 0 Å². The molecule has 0 bridgehead atoms. The fourth-order valence-corrected chi connectivity index (χ4v) is 3.43. The number of nitrogens with one attached hydrogen (secondary N) is 1. The summed E-state index contributed by atoms with van der Waals surface area (Å²) in [5.74, 6) is 0.276. The van der Waals surface area contributed by atoms with Crippen molar-refractivity contribution in [2.24, 2.45) is 11.8 Å². The molecule has 1 saturated carbocycles. The van der Waals surface area contributed by atoms with E-state index >= 15 is 0 Å². The van der Waals surface area contributed by atoms with Gasteiger partial charge in [-0.2, -0.15) is 0 Å². The van der Waals surface area contributed by atoms with Crippen molar-refractivity contribution >= 4 is 17.6 Å². The van der Waals surface area contributed by atoms with Crippen LogP contribution in [-0.4, -0.2) is 23.1 Å². The highest BCUT2D eigenvalue weighted by Gasteiger charge is 2.26. The Balaban J connectivity index is 1.83. The van der Waals surface area contributed by atoms with Crippen molar-refractivity contribution in [3.05, 3.63) is 48.3 Å². The highest BCUT2D eigenvalue weighted by molar-refractivity contribution is 6.02. The molecule has 1 aromatic heterocycles. The van der Waals surface area contributed by atoms with Crippen LogP contribution in [0.4, 0.5) is 5.69 Å². The fourth-order valence-electron chi connectivity index (χ4n) is 3.43. The van der Waals surface area contributed by atoms with Gasteiger partial charge in [-0.3, -0.25) is 4.79 Å². The number of para-hydroxylation sites is 1. The van der Waals surface area contributed by atoms with E-state index in [0.29, 0.717) is 23.8 Å². The molecule has 5 nitrogen and oxygen atoms in total. The molecule has 3 rings (SSSR count). The average molecular weight is 354 g/mol. The summed E-state index contributed by atoms with van der Waals surface area (Å²) in [6, 6.07) is 9.69. The fraction of sp³-hybridized carbons (Fsp3) is 0.429. The van der Waals surface area contributed by atoms with Crippen molar-refractivity contribution < 1.29 is 14.3 Å². The van der Waals surface area contributed by atoms with E-state index in [1.807, 2.05) is 34.9 Å². The van der Waals surface area contributed by atoms with Gasteiger partial charge in [0.15, 0.2) is 0 Å². The zero-order valence-electron chi connectivity index (χ0n) is 15.4. The first kappa shape index (κ1) is 18.2. The maximum absolute atomic E-state index is 12.7. The third-order valence-electron chi connectivity index (χ3n) is 5.02. The van der Waals surface area contributed by atoms with Gasteiger partial charge in [0, 0.05) is 24.0 Å². The number of amides is 1. The first-order chi connectivity index (χ1) is 12.6. The van der Waals surface area contributed by atoms with Gasteiger partial charge in [-0.25, -0.2) is 4.79 Å². The topological polar surface area (TPSA) is 60.3 Å². The van der Waals surface area contributed by atoms with Crippen LogP contribution in [0, 0.1) is 11.8 Å². The van der Waals surface area contributed by atoms with E-state index in [-0.39, 0.29) is 11.8 Å². The van der Waals surface area contributed by atoms with E-state index < -0.39 is 5.97 Å². The van der Waals surface area contributed by atoms with Crippen LogP contribution in [0.3, 0.4) is 0 Å². The first-order valence-electron chi connectivity index (χ1n) is 9.34. The lowest BCUT2D eigenvalue weighted by Crippen LogP contribution is -2.27. The molecule has 1 heterocycles. The SMILES string of the molecule is CCOC(=O)c1cn(-c2ccccc2)cc1NC(=O)C1CCC(C)CC1. The second-order valence-electron chi connectivity index (χ2n) is 6.99. The molecule has 0 unspecified atom stereocenters. The van der Waals surface area contributed by atoms with Gasteiger partial charge in [-0.05, 0) is 50.7 Å². The third-order valence-corrected chi connectivity index (χ3v) is 5.02. The molecular formula is C21H26N2O3. The molecule has 0 spiro atoms. The van der Waals surface area contributed by atoms with Gasteiger partial charge in [-0.15, -0.1) is 0 Å². The Hall–Kier alpha value is -2.56. The second kappa shape index (κ2) is 8.21. The minimum Gasteiger partial charge on any atom is -0.462 e. The van der Waals surface area contributed by atoms with Crippen LogP contribution in [0.1, 0.15) is 49.9 Å². The van der Waals surface area contributed by atoms with Crippen LogP contribution >= 0.6 is 0 Å². The number of nitrogens with zero attached hydrogens (tertiary/aromatic N) is 1. The zero-order valence-corrected chi connectivity index (χ0v) is 15.4. The molecule has 0 atom stereocenters. The number of aromatic nitrogens is 1. The number of benzene rings is 1. The normalized spacial score (nSPS) is 19.8. The highest BCUT2D eigenvalue weighted by Crippen LogP contribution is 2.30. The zero-order chi connectivity index (χ0) is 18.5. The lowest BCUT2D eigenvalue weighted by molar-refractivity contribution is -0.121. The largest absolute Gasteiger partial charge is 0.462 e. The van der Waals surface area contributed by atoms with Crippen LogP contribution in [0.25, 0.3) is 5.69 Å². The van der Waals surface area contributed by atoms with Gasteiger partial charge in [0.2, 0.25) is 5.91 Å². The molecule has 138 valence electrons. The van der Waals surface area contributed by atoms with Crippen molar-refractivity contribution in [1.29, 1.82) is 0 Å². The number of hydrogen-bond donors (Lipinski definition) is 1. The minimum absolute atomic E-state index is 0.00624. The van der Waals surface area contributed by atoms with E-state index in [9.17, 15) is 9.59 Å². The molecule has 1 aliphatic rings. The summed E-state index contributed by atoms with van der Waals surface area (Å²) < 4.78 is 6.99. The molecule has 1 aromatic carbocycles. The van der Waals surface area contributed by atoms with Crippen molar-refractivity contribution in [2.75, 3.05) is 11.9 Å². The van der Waals surface area contributed by atoms with Crippen LogP contribution in [-0.2, 0) is 9.53 Å². The number of anilines is 1. The molecule has 2 aromatic rings. The van der Waals surface area contributed by atoms with E-state index in [0.717, 1.165) is 31.4 Å². The summed E-state index contributed by atoms with van der Waals surface area (Å²) in [6.07, 6.45) is 7.46. The summed E-state index contributed by atoms with van der Waals surface area (Å²) in [7, 11) is 0. The molecule has 0 saturated heterocycles. The van der Waals surface area contributed by atoms with Crippen molar-refractivity contribution in [3.8, 4) is 5.69 Å². The predicted octanol–water partition coefficient (Wildman–Crippen LogP) is 4.42. The second-order valence-corrected chi connectivity index (χ2v) is 6.99. The Morgan fingerprint density at radius 2 is 1.81 bits per heavy atom. The maximum atomic E-state index is 12.7. The summed E-state index contributed by atoms with van der Waals surface area (Å²) in [5, 5.41) is 2.96. The average Bonchev–Trinajstić information content (AvgIpc) is 3.07. The predicted molar refractivity (Wildman–Crippen MR) is 101 cm³/mol. The van der Waals surface area contributed by atoms with Gasteiger partial charge in [0.1, 0.15) is 5.56 Å². The molecular weight excluding hydrogens is 328 g/mol. The summed E-state index contributed by atoms with van der Waals surface area (Å²) in [4.78, 5) is 25.0. The number of esters is 1. The van der Waals surface area contributed by atoms with Gasteiger partial charge < -0.3 is 14.6 Å². The Bertz CT molecular complexity index is 759. The monoisotopic (exact) mass is 354 g/mol. The van der Waals surface area contributed by atoms with Crippen molar-refractivity contribution in [1.82, 2.24) is 4.57 Å². The van der Waals surface area contributed by atoms with Gasteiger partial charge in [0.25, 0.3) is 0 Å². The van der Waals surface area contributed by atoms with Gasteiger partial charge in [-0.1, -0.05) is 25.1 Å². The quantitative estimate of drug-likeness (QED) is 0.809. The number of ether oxygens (including phenoxy) is 1. The minimum atomic E-state index is -0.422. The van der Waals surface area contributed by atoms with Crippen molar-refractivity contribution in [2.45, 2.75) is 39.5 Å². The summed E-state index contributed by atoms with van der Waals surface area (Å²) in [6.45, 7) is 4.30. The van der Waals surface area contributed by atoms with Gasteiger partial charge in [0.05, 0.1) is 12.3 Å². The van der Waals surface area contributed by atoms with Crippen LogP contribution < -0.4 is 5.32 Å². The highest BCUT2D eigenvalue weighted by atomic mass is 16.5.